The van der Waals surface area contributed by atoms with Crippen molar-refractivity contribution in [1.29, 1.82) is 0 Å². The normalized spacial score (nSPS) is 21.7. The van der Waals surface area contributed by atoms with Gasteiger partial charge in [0.1, 0.15) is 11.9 Å². The Morgan fingerprint density at radius 2 is 2.10 bits per heavy atom. The fourth-order valence-corrected chi connectivity index (χ4v) is 2.15. The van der Waals surface area contributed by atoms with Crippen molar-refractivity contribution in [3.63, 3.8) is 0 Å². The average molecular weight is 281 g/mol. The highest BCUT2D eigenvalue weighted by atomic mass is 19.1. The van der Waals surface area contributed by atoms with Crippen molar-refractivity contribution in [2.24, 2.45) is 0 Å². The van der Waals surface area contributed by atoms with Gasteiger partial charge in [0.25, 0.3) is 5.91 Å². The second-order valence-corrected chi connectivity index (χ2v) is 4.68. The van der Waals surface area contributed by atoms with E-state index in [0.29, 0.717) is 30.5 Å². The summed E-state index contributed by atoms with van der Waals surface area (Å²) in [5.41, 5.74) is 0.915. The summed E-state index contributed by atoms with van der Waals surface area (Å²) in [7, 11) is 0. The molecule has 1 aromatic carbocycles. The summed E-state index contributed by atoms with van der Waals surface area (Å²) in [6, 6.07) is 4.48. The molecule has 1 aliphatic rings. The number of carboxylic acids is 1. The minimum atomic E-state index is -1.07. The third-order valence-corrected chi connectivity index (χ3v) is 3.29. The Kier molecular flexibility index (Phi) is 4.34. The molecule has 0 radical (unpaired) electrons. The third-order valence-electron chi connectivity index (χ3n) is 3.29. The summed E-state index contributed by atoms with van der Waals surface area (Å²) < 4.78 is 18.7. The number of halogens is 1. The van der Waals surface area contributed by atoms with Gasteiger partial charge in [-0.25, -0.2) is 9.18 Å². The molecule has 1 amide bonds. The van der Waals surface area contributed by atoms with E-state index in [2.05, 4.69) is 5.32 Å². The molecule has 0 spiro atoms. The van der Waals surface area contributed by atoms with Crippen molar-refractivity contribution in [3.8, 4) is 0 Å². The summed E-state index contributed by atoms with van der Waals surface area (Å²) >= 11 is 0. The molecule has 2 atom stereocenters. The lowest BCUT2D eigenvalue weighted by atomic mass is 10.1. The fourth-order valence-electron chi connectivity index (χ4n) is 2.15. The van der Waals surface area contributed by atoms with Crippen molar-refractivity contribution < 1.29 is 23.8 Å². The third kappa shape index (κ3) is 3.14. The van der Waals surface area contributed by atoms with Gasteiger partial charge in [0.2, 0.25) is 0 Å². The van der Waals surface area contributed by atoms with Gasteiger partial charge in [-0.05, 0) is 37.0 Å². The van der Waals surface area contributed by atoms with Gasteiger partial charge in [-0.1, -0.05) is 13.0 Å². The number of nitrogens with one attached hydrogen (secondary N) is 1. The van der Waals surface area contributed by atoms with E-state index in [1.54, 1.807) is 12.1 Å². The average Bonchev–Trinajstić information content (AvgIpc) is 2.88. The second-order valence-electron chi connectivity index (χ2n) is 4.68. The first-order valence-corrected chi connectivity index (χ1v) is 6.48. The van der Waals surface area contributed by atoms with Gasteiger partial charge in [-0.2, -0.15) is 0 Å². The zero-order valence-corrected chi connectivity index (χ0v) is 11.1. The first kappa shape index (κ1) is 14.5. The molecule has 2 rings (SSSR count). The van der Waals surface area contributed by atoms with Crippen LogP contribution >= 0.6 is 0 Å². The van der Waals surface area contributed by atoms with Gasteiger partial charge in [0.15, 0.2) is 6.10 Å². The zero-order chi connectivity index (χ0) is 14.7. The highest BCUT2D eigenvalue weighted by molar-refractivity contribution is 5.94. The van der Waals surface area contributed by atoms with Gasteiger partial charge in [-0.15, -0.1) is 0 Å². The van der Waals surface area contributed by atoms with E-state index in [1.165, 1.54) is 6.07 Å². The molecule has 1 fully saturated rings. The molecule has 1 aromatic rings. The Balaban J connectivity index is 1.98. The number of hydrogen-bond donors (Lipinski definition) is 2. The van der Waals surface area contributed by atoms with Crippen molar-refractivity contribution in [3.05, 3.63) is 29.6 Å². The number of hydrogen-bond acceptors (Lipinski definition) is 3. The molecule has 0 bridgehead atoms. The quantitative estimate of drug-likeness (QED) is 0.884. The van der Waals surface area contributed by atoms with Crippen LogP contribution in [0.15, 0.2) is 18.2 Å². The molecule has 0 unspecified atom stereocenters. The monoisotopic (exact) mass is 281 g/mol. The molecule has 2 N–H and O–H groups in total. The SMILES string of the molecule is CCc1ccc(NC(=O)[C@@H]2CC[C@H](C(=O)O)O2)cc1F. The van der Waals surface area contributed by atoms with Crippen LogP contribution in [0.1, 0.15) is 25.3 Å². The van der Waals surface area contributed by atoms with Crippen LogP contribution < -0.4 is 5.32 Å². The predicted molar refractivity (Wildman–Crippen MR) is 69.9 cm³/mol. The summed E-state index contributed by atoms with van der Waals surface area (Å²) in [6.07, 6.45) is -0.518. The van der Waals surface area contributed by atoms with Gasteiger partial charge in [0.05, 0.1) is 0 Å². The molecule has 20 heavy (non-hydrogen) atoms. The molecular formula is C14H16FNO4. The number of aliphatic carboxylic acids is 1. The van der Waals surface area contributed by atoms with E-state index in [9.17, 15) is 14.0 Å². The van der Waals surface area contributed by atoms with E-state index in [1.807, 2.05) is 6.92 Å². The standard InChI is InChI=1S/C14H16FNO4/c1-2-8-3-4-9(7-10(8)15)16-13(17)11-5-6-12(20-11)14(18)19/h3-4,7,11-12H,2,5-6H2,1H3,(H,16,17)(H,18,19)/t11-,12+/m0/s1. The maximum atomic E-state index is 13.6. The molecule has 1 heterocycles. The van der Waals surface area contributed by atoms with Crippen LogP contribution in [0.4, 0.5) is 10.1 Å². The van der Waals surface area contributed by atoms with Crippen LogP contribution in [0.25, 0.3) is 0 Å². The van der Waals surface area contributed by atoms with E-state index in [-0.39, 0.29) is 5.82 Å². The maximum absolute atomic E-state index is 13.6. The van der Waals surface area contributed by atoms with Crippen molar-refractivity contribution in [1.82, 2.24) is 0 Å². The lowest BCUT2D eigenvalue weighted by molar-refractivity contribution is -0.150. The number of carbonyl (C=O) groups is 2. The number of amides is 1. The summed E-state index contributed by atoms with van der Waals surface area (Å²) in [5.74, 6) is -1.89. The van der Waals surface area contributed by atoms with Crippen LogP contribution in [0.3, 0.4) is 0 Å². The molecule has 5 nitrogen and oxygen atoms in total. The Morgan fingerprint density at radius 1 is 1.40 bits per heavy atom. The van der Waals surface area contributed by atoms with Crippen LogP contribution in [-0.4, -0.2) is 29.2 Å². The zero-order valence-electron chi connectivity index (χ0n) is 11.1. The Labute approximate surface area is 115 Å². The number of anilines is 1. The highest BCUT2D eigenvalue weighted by Crippen LogP contribution is 2.22. The van der Waals surface area contributed by atoms with Crippen molar-refractivity contribution in [2.45, 2.75) is 38.4 Å². The van der Waals surface area contributed by atoms with E-state index < -0.39 is 24.1 Å². The Morgan fingerprint density at radius 3 is 2.65 bits per heavy atom. The molecule has 1 aliphatic heterocycles. The highest BCUT2D eigenvalue weighted by Gasteiger charge is 2.34. The summed E-state index contributed by atoms with van der Waals surface area (Å²) in [5, 5.41) is 11.3. The van der Waals surface area contributed by atoms with Crippen LogP contribution in [-0.2, 0) is 20.7 Å². The lowest BCUT2D eigenvalue weighted by Crippen LogP contribution is -2.29. The largest absolute Gasteiger partial charge is 0.479 e. The van der Waals surface area contributed by atoms with Crippen LogP contribution in [0.2, 0.25) is 0 Å². The fraction of sp³-hybridized carbons (Fsp3) is 0.429. The first-order valence-electron chi connectivity index (χ1n) is 6.48. The molecule has 6 heteroatoms. The summed E-state index contributed by atoms with van der Waals surface area (Å²) in [6.45, 7) is 1.84. The number of rotatable bonds is 4. The molecule has 1 saturated heterocycles. The number of benzene rings is 1. The van der Waals surface area contributed by atoms with Gasteiger partial charge in [-0.3, -0.25) is 4.79 Å². The van der Waals surface area contributed by atoms with E-state index >= 15 is 0 Å². The number of aryl methyl sites for hydroxylation is 1. The smallest absolute Gasteiger partial charge is 0.332 e. The predicted octanol–water partition coefficient (Wildman–Crippen LogP) is 1.96. The van der Waals surface area contributed by atoms with Gasteiger partial charge >= 0.3 is 5.97 Å². The Hall–Kier alpha value is -1.95. The minimum Gasteiger partial charge on any atom is -0.479 e. The second kappa shape index (κ2) is 6.00. The topological polar surface area (TPSA) is 75.6 Å². The Bertz CT molecular complexity index is 532. The molecule has 0 aromatic heterocycles. The van der Waals surface area contributed by atoms with Crippen molar-refractivity contribution in [2.75, 3.05) is 5.32 Å². The summed E-state index contributed by atoms with van der Waals surface area (Å²) in [4.78, 5) is 22.6. The molecular weight excluding hydrogens is 265 g/mol. The first-order chi connectivity index (χ1) is 9.51. The van der Waals surface area contributed by atoms with Gasteiger partial charge < -0.3 is 15.2 Å². The van der Waals surface area contributed by atoms with E-state index in [0.717, 1.165) is 0 Å². The number of carboxylic acid groups (broad SMARTS) is 1. The van der Waals surface area contributed by atoms with E-state index in [4.69, 9.17) is 9.84 Å². The number of ether oxygens (including phenoxy) is 1. The lowest BCUT2D eigenvalue weighted by Gasteiger charge is -2.12. The van der Waals surface area contributed by atoms with Crippen LogP contribution in [0.5, 0.6) is 0 Å². The maximum Gasteiger partial charge on any atom is 0.332 e. The molecule has 0 saturated carbocycles. The molecule has 108 valence electrons. The van der Waals surface area contributed by atoms with Gasteiger partial charge in [0, 0.05) is 5.69 Å². The molecule has 0 aliphatic carbocycles. The van der Waals surface area contributed by atoms with Crippen LogP contribution in [0, 0.1) is 5.82 Å². The minimum absolute atomic E-state index is 0.302. The number of carbonyl (C=O) groups excluding carboxylic acids is 1. The van der Waals surface area contributed by atoms with Crippen molar-refractivity contribution >= 4 is 17.6 Å².